The summed E-state index contributed by atoms with van der Waals surface area (Å²) >= 11 is 0. The highest BCUT2D eigenvalue weighted by Gasteiger charge is 2.25. The largest absolute Gasteiger partial charge is 0.469 e. The lowest BCUT2D eigenvalue weighted by molar-refractivity contribution is 0.486. The molecule has 0 radical (unpaired) electrons. The number of fused-ring (bicyclic) bond motifs is 3. The van der Waals surface area contributed by atoms with Gasteiger partial charge in [0.25, 0.3) is 0 Å². The molecule has 1 atom stereocenters. The van der Waals surface area contributed by atoms with Crippen molar-refractivity contribution in [2.75, 3.05) is 11.9 Å². The van der Waals surface area contributed by atoms with Crippen LogP contribution in [0.15, 0.2) is 71.3 Å². The molecule has 1 unspecified atom stereocenters. The Kier molecular flexibility index (Phi) is 6.05. The van der Waals surface area contributed by atoms with Crippen LogP contribution in [0.3, 0.4) is 0 Å². The van der Waals surface area contributed by atoms with Gasteiger partial charge in [0.05, 0.1) is 22.9 Å². The van der Waals surface area contributed by atoms with Gasteiger partial charge in [-0.3, -0.25) is 4.40 Å². The standard InChI is InChI=1S/C30H30N4O/c1-20-11-14-23(15-12-20)18-25-22(3)26(19-31)29-32-27-9-5-6-10-28(27)34(29)30(25)33(4)21(2)13-16-24-8-7-17-35-24/h5-12,14-15,17,21H,13,16,18H2,1-4H3. The van der Waals surface area contributed by atoms with Gasteiger partial charge in [-0.15, -0.1) is 0 Å². The molecule has 5 heteroatoms. The van der Waals surface area contributed by atoms with E-state index < -0.39 is 0 Å². The van der Waals surface area contributed by atoms with Crippen molar-refractivity contribution in [3.63, 3.8) is 0 Å². The van der Waals surface area contributed by atoms with Gasteiger partial charge in [-0.25, -0.2) is 4.98 Å². The number of imidazole rings is 1. The van der Waals surface area contributed by atoms with Crippen molar-refractivity contribution in [1.29, 1.82) is 5.26 Å². The molecule has 0 spiro atoms. The SMILES string of the molecule is Cc1ccc(Cc2c(C)c(C#N)c3nc4ccccc4n3c2N(C)C(C)CCc2ccco2)cc1. The van der Waals surface area contributed by atoms with Crippen LogP contribution in [0.1, 0.15) is 46.9 Å². The Labute approximate surface area is 206 Å². The van der Waals surface area contributed by atoms with E-state index in [1.54, 1.807) is 6.26 Å². The minimum Gasteiger partial charge on any atom is -0.469 e. The van der Waals surface area contributed by atoms with Gasteiger partial charge in [0.2, 0.25) is 0 Å². The van der Waals surface area contributed by atoms with E-state index in [1.807, 2.05) is 30.3 Å². The maximum Gasteiger partial charge on any atom is 0.157 e. The molecule has 5 aromatic rings. The molecule has 0 aliphatic heterocycles. The van der Waals surface area contributed by atoms with Crippen molar-refractivity contribution in [2.45, 2.75) is 46.1 Å². The summed E-state index contributed by atoms with van der Waals surface area (Å²) in [6.45, 7) is 6.41. The molecule has 176 valence electrons. The van der Waals surface area contributed by atoms with E-state index >= 15 is 0 Å². The van der Waals surface area contributed by atoms with Crippen molar-refractivity contribution in [1.82, 2.24) is 9.38 Å². The van der Waals surface area contributed by atoms with Gasteiger partial charge in [0, 0.05) is 31.5 Å². The summed E-state index contributed by atoms with van der Waals surface area (Å²) in [4.78, 5) is 7.24. The Hall–Kier alpha value is -4.04. The van der Waals surface area contributed by atoms with Crippen LogP contribution in [-0.2, 0) is 12.8 Å². The summed E-state index contributed by atoms with van der Waals surface area (Å²) in [5, 5.41) is 10.2. The first-order valence-electron chi connectivity index (χ1n) is 12.1. The van der Waals surface area contributed by atoms with Crippen LogP contribution >= 0.6 is 0 Å². The van der Waals surface area contributed by atoms with Crippen LogP contribution in [0, 0.1) is 25.2 Å². The second kappa shape index (κ2) is 9.31. The highest BCUT2D eigenvalue weighted by Crippen LogP contribution is 2.35. The Morgan fingerprint density at radius 2 is 1.83 bits per heavy atom. The van der Waals surface area contributed by atoms with Gasteiger partial charge in [-0.1, -0.05) is 42.0 Å². The third kappa shape index (κ3) is 4.17. The molecule has 0 aliphatic rings. The molecule has 0 bridgehead atoms. The van der Waals surface area contributed by atoms with Crippen molar-refractivity contribution >= 4 is 22.5 Å². The zero-order valence-electron chi connectivity index (χ0n) is 20.7. The quantitative estimate of drug-likeness (QED) is 0.273. The van der Waals surface area contributed by atoms with E-state index in [2.05, 4.69) is 73.5 Å². The molecule has 0 saturated heterocycles. The molecule has 0 fully saturated rings. The van der Waals surface area contributed by atoms with Crippen LogP contribution in [0.5, 0.6) is 0 Å². The van der Waals surface area contributed by atoms with Gasteiger partial charge in [-0.05, 0) is 62.6 Å². The number of hydrogen-bond acceptors (Lipinski definition) is 4. The average Bonchev–Trinajstić information content (AvgIpc) is 3.52. The van der Waals surface area contributed by atoms with E-state index in [0.717, 1.165) is 58.6 Å². The van der Waals surface area contributed by atoms with Gasteiger partial charge < -0.3 is 9.32 Å². The van der Waals surface area contributed by atoms with E-state index in [4.69, 9.17) is 9.40 Å². The number of para-hydroxylation sites is 2. The fourth-order valence-electron chi connectivity index (χ4n) is 4.86. The molecule has 5 rings (SSSR count). The molecular formula is C30H30N4O. The maximum atomic E-state index is 10.2. The van der Waals surface area contributed by atoms with Crippen molar-refractivity contribution in [2.24, 2.45) is 0 Å². The molecule has 3 aromatic heterocycles. The zero-order chi connectivity index (χ0) is 24.5. The Balaban J connectivity index is 1.70. The normalized spacial score (nSPS) is 12.2. The predicted molar refractivity (Wildman–Crippen MR) is 141 cm³/mol. The first-order chi connectivity index (χ1) is 17.0. The number of aryl methyl sites for hydroxylation is 2. The highest BCUT2D eigenvalue weighted by molar-refractivity contribution is 5.86. The minimum atomic E-state index is 0.244. The third-order valence-electron chi connectivity index (χ3n) is 7.09. The Bertz CT molecular complexity index is 1520. The second-order valence-electron chi connectivity index (χ2n) is 9.41. The first kappa shape index (κ1) is 22.7. The number of nitrogens with zero attached hydrogens (tertiary/aromatic N) is 4. The topological polar surface area (TPSA) is 57.5 Å². The summed E-state index contributed by atoms with van der Waals surface area (Å²) in [6.07, 6.45) is 4.29. The maximum absolute atomic E-state index is 10.2. The summed E-state index contributed by atoms with van der Waals surface area (Å²) < 4.78 is 7.77. The molecule has 0 aliphatic carbocycles. The summed E-state index contributed by atoms with van der Waals surface area (Å²) in [5.41, 5.74) is 7.90. The molecule has 5 nitrogen and oxygen atoms in total. The average molecular weight is 463 g/mol. The van der Waals surface area contributed by atoms with Crippen LogP contribution in [0.25, 0.3) is 16.7 Å². The zero-order valence-corrected chi connectivity index (χ0v) is 20.7. The van der Waals surface area contributed by atoms with E-state index in [9.17, 15) is 5.26 Å². The van der Waals surface area contributed by atoms with Crippen LogP contribution in [0.2, 0.25) is 0 Å². The molecule has 35 heavy (non-hydrogen) atoms. The number of hydrogen-bond donors (Lipinski definition) is 0. The molecule has 0 saturated carbocycles. The number of anilines is 1. The fraction of sp³-hybridized carbons (Fsp3) is 0.267. The van der Waals surface area contributed by atoms with E-state index in [1.165, 1.54) is 11.1 Å². The molecule has 2 aromatic carbocycles. The van der Waals surface area contributed by atoms with Gasteiger partial charge >= 0.3 is 0 Å². The Morgan fingerprint density at radius 3 is 2.54 bits per heavy atom. The number of nitriles is 1. The number of pyridine rings is 1. The van der Waals surface area contributed by atoms with E-state index in [0.29, 0.717) is 5.56 Å². The molecule has 0 N–H and O–H groups in total. The number of aromatic nitrogens is 2. The molecule has 0 amide bonds. The first-order valence-corrected chi connectivity index (χ1v) is 12.1. The molecule has 3 heterocycles. The van der Waals surface area contributed by atoms with Crippen LogP contribution in [-0.4, -0.2) is 22.5 Å². The van der Waals surface area contributed by atoms with Crippen molar-refractivity contribution < 1.29 is 4.42 Å². The van der Waals surface area contributed by atoms with Crippen molar-refractivity contribution in [3.05, 3.63) is 101 Å². The Morgan fingerprint density at radius 1 is 1.06 bits per heavy atom. The van der Waals surface area contributed by atoms with Crippen LogP contribution in [0.4, 0.5) is 5.82 Å². The summed E-state index contributed by atoms with van der Waals surface area (Å²) in [6, 6.07) is 23.5. The monoisotopic (exact) mass is 462 g/mol. The summed E-state index contributed by atoms with van der Waals surface area (Å²) in [7, 11) is 2.15. The van der Waals surface area contributed by atoms with Gasteiger partial charge in [-0.2, -0.15) is 5.26 Å². The van der Waals surface area contributed by atoms with Gasteiger partial charge in [0.15, 0.2) is 5.65 Å². The number of benzene rings is 2. The predicted octanol–water partition coefficient (Wildman–Crippen LogP) is 6.62. The number of rotatable bonds is 7. The lowest BCUT2D eigenvalue weighted by Crippen LogP contribution is -2.32. The highest BCUT2D eigenvalue weighted by atomic mass is 16.3. The smallest absolute Gasteiger partial charge is 0.157 e. The lowest BCUT2D eigenvalue weighted by Gasteiger charge is -2.31. The minimum absolute atomic E-state index is 0.244. The lowest BCUT2D eigenvalue weighted by atomic mass is 9.96. The second-order valence-corrected chi connectivity index (χ2v) is 9.41. The molecular weight excluding hydrogens is 432 g/mol. The van der Waals surface area contributed by atoms with E-state index in [-0.39, 0.29) is 6.04 Å². The fourth-order valence-corrected chi connectivity index (χ4v) is 4.86. The van der Waals surface area contributed by atoms with Crippen molar-refractivity contribution in [3.8, 4) is 6.07 Å². The number of furan rings is 1. The third-order valence-corrected chi connectivity index (χ3v) is 7.09. The van der Waals surface area contributed by atoms with Gasteiger partial charge in [0.1, 0.15) is 17.6 Å². The van der Waals surface area contributed by atoms with Crippen LogP contribution < -0.4 is 4.90 Å². The summed E-state index contributed by atoms with van der Waals surface area (Å²) in [5.74, 6) is 2.09.